The number of pyridine rings is 2. The molecule has 1 aliphatic heterocycles. The lowest BCUT2D eigenvalue weighted by molar-refractivity contribution is 0.000558. The van der Waals surface area contributed by atoms with Crippen LogP contribution in [-0.4, -0.2) is 66.7 Å². The van der Waals surface area contributed by atoms with Crippen LogP contribution in [0.5, 0.6) is 0 Å². The molecule has 0 bridgehead atoms. The zero-order valence-electron chi connectivity index (χ0n) is 25.1. The molecule has 5 aromatic rings. The van der Waals surface area contributed by atoms with E-state index < -0.39 is 5.60 Å². The zero-order valence-corrected chi connectivity index (χ0v) is 25.1. The van der Waals surface area contributed by atoms with Crippen LogP contribution in [-0.2, 0) is 11.3 Å². The molecule has 1 unspecified atom stereocenters. The first kappa shape index (κ1) is 28.4. The Morgan fingerprint density at radius 3 is 2.42 bits per heavy atom. The van der Waals surface area contributed by atoms with Crippen molar-refractivity contribution in [1.29, 1.82) is 0 Å². The molecule has 9 heteroatoms. The molecule has 3 aromatic heterocycles. The number of carbonyl (C=O) groups excluding carboxylic acids is 1. The minimum absolute atomic E-state index is 0.0672. The number of piperazine rings is 1. The van der Waals surface area contributed by atoms with E-state index in [0.717, 1.165) is 53.3 Å². The third-order valence-corrected chi connectivity index (χ3v) is 7.59. The van der Waals surface area contributed by atoms with E-state index >= 15 is 0 Å². The summed E-state index contributed by atoms with van der Waals surface area (Å²) >= 11 is 0. The molecule has 1 aliphatic rings. The Balaban J connectivity index is 1.28. The molecule has 0 saturated carbocycles. The number of amides is 1. The van der Waals surface area contributed by atoms with Crippen molar-refractivity contribution in [1.82, 2.24) is 29.3 Å². The molecule has 220 valence electrons. The summed E-state index contributed by atoms with van der Waals surface area (Å²) in [5.41, 5.74) is 12.1. The third kappa shape index (κ3) is 6.08. The first-order valence-corrected chi connectivity index (χ1v) is 14.6. The summed E-state index contributed by atoms with van der Waals surface area (Å²) in [6.45, 7) is 10.8. The van der Waals surface area contributed by atoms with E-state index in [9.17, 15) is 4.79 Å². The topological polar surface area (TPSA) is 102 Å². The molecule has 9 nitrogen and oxygen atoms in total. The number of nitrogens with two attached hydrogens (primary N) is 1. The van der Waals surface area contributed by atoms with Crippen molar-refractivity contribution in [2.45, 2.75) is 45.9 Å². The number of hydrogen-bond acceptors (Lipinski definition) is 7. The first-order valence-electron chi connectivity index (χ1n) is 14.6. The van der Waals surface area contributed by atoms with E-state index in [-0.39, 0.29) is 12.1 Å². The number of aromatic nitrogens is 4. The molecule has 6 rings (SSSR count). The Morgan fingerprint density at radius 1 is 0.953 bits per heavy atom. The third-order valence-electron chi connectivity index (χ3n) is 7.59. The van der Waals surface area contributed by atoms with Gasteiger partial charge in [-0.25, -0.2) is 19.7 Å². The number of hydrogen-bond donors (Lipinski definition) is 1. The second kappa shape index (κ2) is 11.5. The van der Waals surface area contributed by atoms with Crippen LogP contribution in [0.4, 0.5) is 10.6 Å². The average Bonchev–Trinajstić information content (AvgIpc) is 3.36. The second-order valence-electron chi connectivity index (χ2n) is 12.0. The largest absolute Gasteiger partial charge is 0.444 e. The van der Waals surface area contributed by atoms with Gasteiger partial charge in [0, 0.05) is 49.7 Å². The molecule has 2 aromatic carbocycles. The van der Waals surface area contributed by atoms with Crippen molar-refractivity contribution in [2.75, 3.05) is 25.4 Å². The van der Waals surface area contributed by atoms with E-state index in [1.54, 1.807) is 6.20 Å². The van der Waals surface area contributed by atoms with Crippen LogP contribution in [0, 0.1) is 0 Å². The Hall–Kier alpha value is -4.76. The van der Waals surface area contributed by atoms with Crippen LogP contribution in [0.1, 0.15) is 33.3 Å². The predicted octanol–water partition coefficient (Wildman–Crippen LogP) is 6.17. The Bertz CT molecular complexity index is 1740. The smallest absolute Gasteiger partial charge is 0.410 e. The molecule has 2 N–H and O–H groups in total. The van der Waals surface area contributed by atoms with E-state index in [1.807, 2.05) is 68.1 Å². The van der Waals surface area contributed by atoms with Gasteiger partial charge in [0.15, 0.2) is 11.5 Å². The predicted molar refractivity (Wildman–Crippen MR) is 170 cm³/mol. The van der Waals surface area contributed by atoms with Gasteiger partial charge in [-0.05, 0) is 69.7 Å². The van der Waals surface area contributed by atoms with Gasteiger partial charge in [-0.3, -0.25) is 9.47 Å². The summed E-state index contributed by atoms with van der Waals surface area (Å²) in [5.74, 6) is 1.11. The maximum atomic E-state index is 12.6. The van der Waals surface area contributed by atoms with Crippen molar-refractivity contribution >= 4 is 23.1 Å². The number of carbonyl (C=O) groups is 1. The lowest BCUT2D eigenvalue weighted by atomic mass is 10.1. The number of benzene rings is 2. The highest BCUT2D eigenvalue weighted by Crippen LogP contribution is 2.32. The van der Waals surface area contributed by atoms with Crippen LogP contribution >= 0.6 is 0 Å². The molecular weight excluding hydrogens is 538 g/mol. The van der Waals surface area contributed by atoms with Crippen molar-refractivity contribution in [3.63, 3.8) is 0 Å². The number of nitrogens with zero attached hydrogens (tertiary/aromatic N) is 6. The minimum atomic E-state index is -0.502. The number of ether oxygens (including phenoxy) is 1. The van der Waals surface area contributed by atoms with Gasteiger partial charge in [0.1, 0.15) is 16.9 Å². The highest BCUT2D eigenvalue weighted by atomic mass is 16.6. The number of nitrogen functional groups attached to an aromatic ring is 1. The molecule has 1 fully saturated rings. The molecule has 0 aliphatic carbocycles. The average molecular weight is 576 g/mol. The second-order valence-corrected chi connectivity index (χ2v) is 12.0. The summed E-state index contributed by atoms with van der Waals surface area (Å²) in [4.78, 5) is 31.2. The number of rotatable bonds is 5. The monoisotopic (exact) mass is 575 g/mol. The van der Waals surface area contributed by atoms with Crippen LogP contribution < -0.4 is 5.73 Å². The molecule has 0 radical (unpaired) electrons. The van der Waals surface area contributed by atoms with Gasteiger partial charge in [0.2, 0.25) is 0 Å². The number of anilines is 1. The Morgan fingerprint density at radius 2 is 1.72 bits per heavy atom. The van der Waals surface area contributed by atoms with E-state index in [1.165, 1.54) is 5.56 Å². The normalized spacial score (nSPS) is 16.0. The fourth-order valence-corrected chi connectivity index (χ4v) is 5.54. The fraction of sp³-hybridized carbons (Fsp3) is 0.294. The maximum Gasteiger partial charge on any atom is 0.410 e. The van der Waals surface area contributed by atoms with Crippen LogP contribution in [0.25, 0.3) is 39.5 Å². The standard InChI is InChI=1S/C34H37N7O2/c1-23-21-39(19-20-40(23)33(42)43-34(2,3)4)22-24-12-14-26(15-13-24)41-31(27-11-8-18-36-30(27)35)38-29-17-16-28(37-32(29)41)25-9-6-5-7-10-25/h5-18,23H,19-22H2,1-4H3,(H2,35,36). The highest BCUT2D eigenvalue weighted by Gasteiger charge is 2.30. The van der Waals surface area contributed by atoms with Crippen molar-refractivity contribution < 1.29 is 9.53 Å². The van der Waals surface area contributed by atoms with Gasteiger partial charge in [0.25, 0.3) is 0 Å². The fourth-order valence-electron chi connectivity index (χ4n) is 5.54. The van der Waals surface area contributed by atoms with Gasteiger partial charge >= 0.3 is 6.09 Å². The van der Waals surface area contributed by atoms with E-state index in [2.05, 4.69) is 57.8 Å². The molecular formula is C34H37N7O2. The Labute approximate surface area is 252 Å². The summed E-state index contributed by atoms with van der Waals surface area (Å²) in [5, 5.41) is 0. The van der Waals surface area contributed by atoms with Crippen LogP contribution in [0.2, 0.25) is 0 Å². The van der Waals surface area contributed by atoms with Crippen molar-refractivity contribution in [2.24, 2.45) is 0 Å². The Kier molecular flexibility index (Phi) is 7.58. The van der Waals surface area contributed by atoms with Gasteiger partial charge in [-0.1, -0.05) is 42.5 Å². The summed E-state index contributed by atoms with van der Waals surface area (Å²) in [6, 6.07) is 26.5. The molecule has 1 saturated heterocycles. The minimum Gasteiger partial charge on any atom is -0.444 e. The summed E-state index contributed by atoms with van der Waals surface area (Å²) in [6.07, 6.45) is 1.44. The van der Waals surface area contributed by atoms with Crippen molar-refractivity contribution in [3.05, 3.63) is 90.6 Å². The van der Waals surface area contributed by atoms with E-state index in [0.29, 0.717) is 18.2 Å². The molecule has 0 spiro atoms. The summed E-state index contributed by atoms with van der Waals surface area (Å²) in [7, 11) is 0. The maximum absolute atomic E-state index is 12.6. The SMILES string of the molecule is CC1CN(Cc2ccc(-n3c(-c4cccnc4N)nc4ccc(-c5ccccc5)nc43)cc2)CCN1C(=O)OC(C)(C)C. The summed E-state index contributed by atoms with van der Waals surface area (Å²) < 4.78 is 7.66. The lowest BCUT2D eigenvalue weighted by Crippen LogP contribution is -2.54. The van der Waals surface area contributed by atoms with Gasteiger partial charge in [-0.15, -0.1) is 0 Å². The van der Waals surface area contributed by atoms with Gasteiger partial charge in [0.05, 0.1) is 11.3 Å². The first-order chi connectivity index (χ1) is 20.7. The van der Waals surface area contributed by atoms with Gasteiger partial charge in [-0.2, -0.15) is 0 Å². The quantitative estimate of drug-likeness (QED) is 0.267. The van der Waals surface area contributed by atoms with Crippen LogP contribution in [0.3, 0.4) is 0 Å². The molecule has 1 amide bonds. The van der Waals surface area contributed by atoms with Crippen molar-refractivity contribution in [3.8, 4) is 28.3 Å². The number of fused-ring (bicyclic) bond motifs is 1. The molecule has 4 heterocycles. The number of imidazole rings is 1. The molecule has 43 heavy (non-hydrogen) atoms. The zero-order chi connectivity index (χ0) is 30.1. The highest BCUT2D eigenvalue weighted by molar-refractivity contribution is 5.84. The van der Waals surface area contributed by atoms with Crippen LogP contribution in [0.15, 0.2) is 85.1 Å². The van der Waals surface area contributed by atoms with E-state index in [4.69, 9.17) is 20.4 Å². The molecule has 1 atom stereocenters. The lowest BCUT2D eigenvalue weighted by Gasteiger charge is -2.40. The van der Waals surface area contributed by atoms with Gasteiger partial charge < -0.3 is 15.4 Å².